The van der Waals surface area contributed by atoms with Crippen molar-refractivity contribution in [2.45, 2.75) is 12.0 Å². The van der Waals surface area contributed by atoms with Crippen molar-refractivity contribution in [2.75, 3.05) is 11.9 Å². The van der Waals surface area contributed by atoms with Crippen LogP contribution in [0.3, 0.4) is 0 Å². The topological polar surface area (TPSA) is 107 Å². The minimum absolute atomic E-state index is 0.300. The first-order valence-electron chi connectivity index (χ1n) is 10.6. The summed E-state index contributed by atoms with van der Waals surface area (Å²) in [6.45, 7) is -0.552. The Morgan fingerprint density at radius 2 is 1.36 bits per heavy atom. The lowest BCUT2D eigenvalue weighted by Gasteiger charge is -2.21. The van der Waals surface area contributed by atoms with E-state index in [-0.39, 0.29) is 5.91 Å². The Kier molecular flexibility index (Phi) is 6.92. The maximum absolute atomic E-state index is 13.2. The number of rotatable bonds is 8. The molecule has 0 fully saturated rings. The Morgan fingerprint density at radius 1 is 0.818 bits per heavy atom. The second-order valence-electron chi connectivity index (χ2n) is 7.52. The van der Waals surface area contributed by atoms with E-state index >= 15 is 0 Å². The molecule has 1 aromatic heterocycles. The van der Waals surface area contributed by atoms with E-state index in [1.54, 1.807) is 6.07 Å². The Hall–Kier alpha value is -4.23. The summed E-state index contributed by atoms with van der Waals surface area (Å²) in [6, 6.07) is 28.7. The number of hydrogen-bond donors (Lipinski definition) is 4. The van der Waals surface area contributed by atoms with Gasteiger partial charge in [-0.15, -0.1) is 0 Å². The summed E-state index contributed by atoms with van der Waals surface area (Å²) in [4.78, 5) is 26.0. The largest absolute Gasteiger partial charge is 0.394 e. The second-order valence-corrected chi connectivity index (χ2v) is 7.52. The standard InChI is InChI=1S/C26H24N4O3/c31-17-22(25(32)28-23-16-21(29-30-23)18-10-4-1-5-11-18)27-26(33)24(19-12-6-2-7-13-19)20-14-8-3-9-15-20/h1-16,22,24,31H,17H2,(H,27,33)(H2,28,29,30,32)/t22-/m0/s1. The molecule has 0 saturated heterocycles. The average molecular weight is 441 g/mol. The Balaban J connectivity index is 1.48. The van der Waals surface area contributed by atoms with Crippen molar-refractivity contribution in [1.82, 2.24) is 15.5 Å². The summed E-state index contributed by atoms with van der Waals surface area (Å²) in [7, 11) is 0. The number of carbonyl (C=O) groups is 2. The number of anilines is 1. The third kappa shape index (κ3) is 5.34. The molecule has 0 unspecified atom stereocenters. The molecule has 166 valence electrons. The summed E-state index contributed by atoms with van der Waals surface area (Å²) < 4.78 is 0. The SMILES string of the molecule is O=C(N[C@@H](CO)C(=O)Nc1cc(-c2ccccc2)[nH]n1)C(c1ccccc1)c1ccccc1. The normalized spacial score (nSPS) is 11.7. The number of aliphatic hydroxyl groups excluding tert-OH is 1. The fourth-order valence-corrected chi connectivity index (χ4v) is 3.60. The first-order chi connectivity index (χ1) is 16.2. The van der Waals surface area contributed by atoms with Crippen molar-refractivity contribution < 1.29 is 14.7 Å². The van der Waals surface area contributed by atoms with Gasteiger partial charge in [-0.2, -0.15) is 5.10 Å². The summed E-state index contributed by atoms with van der Waals surface area (Å²) in [5.41, 5.74) is 3.24. The molecule has 0 saturated carbocycles. The van der Waals surface area contributed by atoms with Crippen molar-refractivity contribution in [3.8, 4) is 11.3 Å². The van der Waals surface area contributed by atoms with E-state index in [1.165, 1.54) is 0 Å². The van der Waals surface area contributed by atoms with E-state index in [4.69, 9.17) is 0 Å². The third-order valence-electron chi connectivity index (χ3n) is 5.26. The van der Waals surface area contributed by atoms with E-state index in [0.717, 1.165) is 22.4 Å². The Morgan fingerprint density at radius 3 is 1.91 bits per heavy atom. The molecule has 3 aromatic carbocycles. The van der Waals surface area contributed by atoms with E-state index < -0.39 is 24.5 Å². The van der Waals surface area contributed by atoms with Crippen LogP contribution in [0.2, 0.25) is 0 Å². The van der Waals surface area contributed by atoms with Crippen LogP contribution in [0.5, 0.6) is 0 Å². The van der Waals surface area contributed by atoms with Gasteiger partial charge in [-0.25, -0.2) is 0 Å². The summed E-state index contributed by atoms with van der Waals surface area (Å²) >= 11 is 0. The first-order valence-corrected chi connectivity index (χ1v) is 10.6. The number of H-pyrrole nitrogens is 1. The van der Waals surface area contributed by atoms with Gasteiger partial charge in [0.2, 0.25) is 5.91 Å². The molecular weight excluding hydrogens is 416 g/mol. The number of aliphatic hydroxyl groups is 1. The van der Waals surface area contributed by atoms with Gasteiger partial charge in [-0.3, -0.25) is 14.7 Å². The van der Waals surface area contributed by atoms with E-state index in [1.807, 2.05) is 91.0 Å². The quantitative estimate of drug-likeness (QED) is 0.337. The highest BCUT2D eigenvalue weighted by molar-refractivity contribution is 5.98. The smallest absolute Gasteiger partial charge is 0.250 e. The van der Waals surface area contributed by atoms with Crippen LogP contribution in [-0.2, 0) is 9.59 Å². The molecule has 1 heterocycles. The van der Waals surface area contributed by atoms with Crippen LogP contribution in [0.15, 0.2) is 97.1 Å². The van der Waals surface area contributed by atoms with Crippen LogP contribution in [0.1, 0.15) is 17.0 Å². The fourth-order valence-electron chi connectivity index (χ4n) is 3.60. The molecule has 7 heteroatoms. The van der Waals surface area contributed by atoms with Crippen molar-refractivity contribution in [1.29, 1.82) is 0 Å². The number of hydrogen-bond acceptors (Lipinski definition) is 4. The number of benzene rings is 3. The van der Waals surface area contributed by atoms with Crippen LogP contribution >= 0.6 is 0 Å². The highest BCUT2D eigenvalue weighted by Gasteiger charge is 2.28. The fraction of sp³-hybridized carbons (Fsp3) is 0.115. The third-order valence-corrected chi connectivity index (χ3v) is 5.26. The molecule has 0 radical (unpaired) electrons. The molecule has 33 heavy (non-hydrogen) atoms. The maximum atomic E-state index is 13.2. The van der Waals surface area contributed by atoms with Gasteiger partial charge < -0.3 is 15.7 Å². The lowest BCUT2D eigenvalue weighted by molar-refractivity contribution is -0.127. The Labute approximate surface area is 191 Å². The van der Waals surface area contributed by atoms with Crippen LogP contribution < -0.4 is 10.6 Å². The maximum Gasteiger partial charge on any atom is 0.250 e. The van der Waals surface area contributed by atoms with Crippen molar-refractivity contribution >= 4 is 17.6 Å². The highest BCUT2D eigenvalue weighted by atomic mass is 16.3. The van der Waals surface area contributed by atoms with Crippen LogP contribution in [0, 0.1) is 0 Å². The number of aromatic nitrogens is 2. The number of amides is 2. The summed E-state index contributed by atoms with van der Waals surface area (Å²) in [5, 5.41) is 22.1. The zero-order valence-electron chi connectivity index (χ0n) is 17.8. The van der Waals surface area contributed by atoms with Crippen molar-refractivity contribution in [3.63, 3.8) is 0 Å². The molecule has 4 rings (SSSR count). The molecule has 0 spiro atoms. The second kappa shape index (κ2) is 10.4. The van der Waals surface area contributed by atoms with Crippen molar-refractivity contribution in [2.24, 2.45) is 0 Å². The Bertz CT molecular complexity index is 1150. The molecule has 0 aliphatic carbocycles. The molecule has 1 atom stereocenters. The van der Waals surface area contributed by atoms with Gasteiger partial charge in [-0.1, -0.05) is 91.0 Å². The van der Waals surface area contributed by atoms with Gasteiger partial charge in [0.15, 0.2) is 5.82 Å². The van der Waals surface area contributed by atoms with E-state index in [2.05, 4.69) is 20.8 Å². The van der Waals surface area contributed by atoms with Gasteiger partial charge >= 0.3 is 0 Å². The number of nitrogens with one attached hydrogen (secondary N) is 3. The highest BCUT2D eigenvalue weighted by Crippen LogP contribution is 2.25. The van der Waals surface area contributed by atoms with E-state index in [0.29, 0.717) is 5.82 Å². The minimum Gasteiger partial charge on any atom is -0.394 e. The van der Waals surface area contributed by atoms with Gasteiger partial charge in [0.25, 0.3) is 5.91 Å². The molecule has 0 aliphatic heterocycles. The lowest BCUT2D eigenvalue weighted by Crippen LogP contribution is -2.48. The zero-order chi connectivity index (χ0) is 23.0. The first kappa shape index (κ1) is 22.0. The number of aromatic amines is 1. The summed E-state index contributed by atoms with van der Waals surface area (Å²) in [6.07, 6.45) is 0. The molecule has 4 aromatic rings. The molecule has 4 N–H and O–H groups in total. The predicted molar refractivity (Wildman–Crippen MR) is 126 cm³/mol. The van der Waals surface area contributed by atoms with Crippen LogP contribution in [-0.4, -0.2) is 39.8 Å². The monoisotopic (exact) mass is 440 g/mol. The molecule has 0 aliphatic rings. The molecule has 2 amide bonds. The van der Waals surface area contributed by atoms with Gasteiger partial charge in [0.1, 0.15) is 6.04 Å². The van der Waals surface area contributed by atoms with E-state index in [9.17, 15) is 14.7 Å². The van der Waals surface area contributed by atoms with Gasteiger partial charge in [0.05, 0.1) is 18.2 Å². The predicted octanol–water partition coefficient (Wildman–Crippen LogP) is 3.32. The van der Waals surface area contributed by atoms with Gasteiger partial charge in [-0.05, 0) is 16.7 Å². The lowest BCUT2D eigenvalue weighted by atomic mass is 9.90. The zero-order valence-corrected chi connectivity index (χ0v) is 17.8. The van der Waals surface area contributed by atoms with Gasteiger partial charge in [0, 0.05) is 6.07 Å². The number of nitrogens with zero attached hydrogens (tertiary/aromatic N) is 1. The van der Waals surface area contributed by atoms with Crippen molar-refractivity contribution in [3.05, 3.63) is 108 Å². The molecule has 7 nitrogen and oxygen atoms in total. The van der Waals surface area contributed by atoms with Crippen LogP contribution in [0.4, 0.5) is 5.82 Å². The van der Waals surface area contributed by atoms with Crippen LogP contribution in [0.25, 0.3) is 11.3 Å². The summed E-state index contributed by atoms with van der Waals surface area (Å²) in [5.74, 6) is -1.26. The number of carbonyl (C=O) groups excluding carboxylic acids is 2. The minimum atomic E-state index is -1.13. The molecule has 0 bridgehead atoms. The average Bonchev–Trinajstić information content (AvgIpc) is 3.33. The molecular formula is C26H24N4O3.